The molecule has 4 aromatic rings. The van der Waals surface area contributed by atoms with Crippen LogP contribution in [0.15, 0.2) is 65.1 Å². The van der Waals surface area contributed by atoms with Gasteiger partial charge >= 0.3 is 0 Å². The molecule has 1 heterocycles. The van der Waals surface area contributed by atoms with E-state index in [9.17, 15) is 4.39 Å². The summed E-state index contributed by atoms with van der Waals surface area (Å²) in [6.07, 6.45) is 1.82. The number of rotatable bonds is 10. The molecule has 0 unspecified atom stereocenters. The Labute approximate surface area is 195 Å². The van der Waals surface area contributed by atoms with E-state index in [0.29, 0.717) is 24.7 Å². The van der Waals surface area contributed by atoms with Gasteiger partial charge in [-0.25, -0.2) is 9.37 Å². The summed E-state index contributed by atoms with van der Waals surface area (Å²) in [7, 11) is 1.62. The molecule has 2 N–H and O–H groups in total. The number of para-hydroxylation sites is 2. The first-order chi connectivity index (χ1) is 15.6. The lowest BCUT2D eigenvalue weighted by molar-refractivity contribution is 0.280. The minimum atomic E-state index is -0.263. The first kappa shape index (κ1) is 22.3. The average Bonchev–Trinajstić information content (AvgIpc) is 3.22. The topological polar surface area (TPSA) is 59.2 Å². The zero-order valence-electron chi connectivity index (χ0n) is 17.8. The summed E-state index contributed by atoms with van der Waals surface area (Å²) in [6, 6.07) is 18.2. The standard InChI is InChI=1S/C25H25BrFN3O2/c1-31-23-13-12-20(26)19(25(23)32-16-17-8-10-18(27)11-9-17)15-28-14-4-7-24-29-21-5-2-3-6-22(21)30-24/h2-3,5-6,8-13,28H,4,7,14-16H2,1H3,(H,29,30). The minimum Gasteiger partial charge on any atom is -0.493 e. The molecule has 5 nitrogen and oxygen atoms in total. The van der Waals surface area contributed by atoms with E-state index in [1.54, 1.807) is 19.2 Å². The number of nitrogens with zero attached hydrogens (tertiary/aromatic N) is 1. The van der Waals surface area contributed by atoms with Crippen molar-refractivity contribution in [2.75, 3.05) is 13.7 Å². The smallest absolute Gasteiger partial charge is 0.167 e. The lowest BCUT2D eigenvalue weighted by atomic mass is 10.1. The van der Waals surface area contributed by atoms with Gasteiger partial charge < -0.3 is 19.8 Å². The fourth-order valence-corrected chi connectivity index (χ4v) is 3.97. The largest absolute Gasteiger partial charge is 0.493 e. The molecule has 0 fully saturated rings. The Kier molecular flexibility index (Phi) is 7.39. The van der Waals surface area contributed by atoms with Crippen LogP contribution in [-0.4, -0.2) is 23.6 Å². The molecule has 4 rings (SSSR count). The first-order valence-corrected chi connectivity index (χ1v) is 11.3. The van der Waals surface area contributed by atoms with Gasteiger partial charge in [-0.15, -0.1) is 0 Å². The zero-order chi connectivity index (χ0) is 22.3. The molecule has 166 valence electrons. The van der Waals surface area contributed by atoms with Crippen LogP contribution in [0.2, 0.25) is 0 Å². The van der Waals surface area contributed by atoms with E-state index in [0.717, 1.165) is 51.8 Å². The van der Waals surface area contributed by atoms with Crippen LogP contribution in [0.3, 0.4) is 0 Å². The van der Waals surface area contributed by atoms with Crippen molar-refractivity contribution in [2.45, 2.75) is 26.0 Å². The van der Waals surface area contributed by atoms with Crippen molar-refractivity contribution in [1.82, 2.24) is 15.3 Å². The molecular formula is C25H25BrFN3O2. The third kappa shape index (κ3) is 5.47. The van der Waals surface area contributed by atoms with Crippen molar-refractivity contribution in [3.05, 3.63) is 87.9 Å². The molecule has 0 spiro atoms. The Morgan fingerprint density at radius 1 is 1.06 bits per heavy atom. The number of benzene rings is 3. The van der Waals surface area contributed by atoms with E-state index in [2.05, 4.69) is 31.2 Å². The number of imidazole rings is 1. The quantitative estimate of drug-likeness (QED) is 0.273. The molecule has 0 aliphatic carbocycles. The van der Waals surface area contributed by atoms with E-state index in [4.69, 9.17) is 9.47 Å². The number of H-pyrrole nitrogens is 1. The Morgan fingerprint density at radius 2 is 1.88 bits per heavy atom. The van der Waals surface area contributed by atoms with Gasteiger partial charge in [-0.05, 0) is 54.9 Å². The van der Waals surface area contributed by atoms with Gasteiger partial charge in [-0.3, -0.25) is 0 Å². The first-order valence-electron chi connectivity index (χ1n) is 10.5. The van der Waals surface area contributed by atoms with E-state index in [-0.39, 0.29) is 5.82 Å². The second kappa shape index (κ2) is 10.6. The zero-order valence-corrected chi connectivity index (χ0v) is 19.4. The van der Waals surface area contributed by atoms with Crippen LogP contribution in [0, 0.1) is 5.82 Å². The van der Waals surface area contributed by atoms with Crippen LogP contribution in [-0.2, 0) is 19.6 Å². The summed E-state index contributed by atoms with van der Waals surface area (Å²) in [5.41, 5.74) is 3.94. The maximum Gasteiger partial charge on any atom is 0.167 e. The van der Waals surface area contributed by atoms with Crippen LogP contribution in [0.1, 0.15) is 23.4 Å². The van der Waals surface area contributed by atoms with Crippen molar-refractivity contribution in [1.29, 1.82) is 0 Å². The van der Waals surface area contributed by atoms with Crippen LogP contribution in [0.5, 0.6) is 11.5 Å². The van der Waals surface area contributed by atoms with Gasteiger partial charge in [0, 0.05) is 23.0 Å². The van der Waals surface area contributed by atoms with E-state index < -0.39 is 0 Å². The molecule has 32 heavy (non-hydrogen) atoms. The fourth-order valence-electron chi connectivity index (χ4n) is 3.52. The summed E-state index contributed by atoms with van der Waals surface area (Å²) >= 11 is 3.63. The van der Waals surface area contributed by atoms with Crippen LogP contribution < -0.4 is 14.8 Å². The Hall–Kier alpha value is -2.90. The number of aromatic amines is 1. The van der Waals surface area contributed by atoms with Crippen molar-refractivity contribution in [3.63, 3.8) is 0 Å². The summed E-state index contributed by atoms with van der Waals surface area (Å²) in [6.45, 7) is 1.78. The molecule has 0 aliphatic rings. The summed E-state index contributed by atoms with van der Waals surface area (Å²) in [5.74, 6) is 2.07. The second-order valence-corrected chi connectivity index (χ2v) is 8.31. The molecule has 0 bridgehead atoms. The number of hydrogen-bond acceptors (Lipinski definition) is 4. The third-order valence-corrected chi connectivity index (χ3v) is 5.93. The predicted molar refractivity (Wildman–Crippen MR) is 128 cm³/mol. The molecule has 0 saturated carbocycles. The molecule has 0 saturated heterocycles. The molecule has 1 aromatic heterocycles. The highest BCUT2D eigenvalue weighted by atomic mass is 79.9. The molecule has 0 radical (unpaired) electrons. The Morgan fingerprint density at radius 3 is 2.66 bits per heavy atom. The minimum absolute atomic E-state index is 0.263. The fraction of sp³-hybridized carbons (Fsp3) is 0.240. The number of methoxy groups -OCH3 is 1. The maximum atomic E-state index is 13.2. The van der Waals surface area contributed by atoms with Crippen molar-refractivity contribution in [3.8, 4) is 11.5 Å². The molecule has 0 atom stereocenters. The molecular weight excluding hydrogens is 473 g/mol. The summed E-state index contributed by atoms with van der Waals surface area (Å²) in [4.78, 5) is 7.99. The Balaban J connectivity index is 1.35. The molecule has 0 amide bonds. The number of ether oxygens (including phenoxy) is 2. The molecule has 3 aromatic carbocycles. The van der Waals surface area contributed by atoms with Crippen LogP contribution in [0.25, 0.3) is 11.0 Å². The van der Waals surface area contributed by atoms with E-state index >= 15 is 0 Å². The predicted octanol–water partition coefficient (Wildman–Crippen LogP) is 5.77. The number of aromatic nitrogens is 2. The van der Waals surface area contributed by atoms with Crippen molar-refractivity contribution in [2.24, 2.45) is 0 Å². The number of halogens is 2. The number of aryl methyl sites for hydroxylation is 1. The highest BCUT2D eigenvalue weighted by molar-refractivity contribution is 9.10. The number of fused-ring (bicyclic) bond motifs is 1. The van der Waals surface area contributed by atoms with Gasteiger partial charge in [0.05, 0.1) is 18.1 Å². The van der Waals surface area contributed by atoms with Crippen LogP contribution in [0.4, 0.5) is 4.39 Å². The summed E-state index contributed by atoms with van der Waals surface area (Å²) in [5, 5.41) is 3.49. The SMILES string of the molecule is COc1ccc(Br)c(CNCCCc2nc3ccccc3[nH]2)c1OCc1ccc(F)cc1. The molecule has 7 heteroatoms. The van der Waals surface area contributed by atoms with Crippen molar-refractivity contribution >= 4 is 27.0 Å². The highest BCUT2D eigenvalue weighted by Gasteiger charge is 2.15. The van der Waals surface area contributed by atoms with Gasteiger partial charge in [-0.2, -0.15) is 0 Å². The van der Waals surface area contributed by atoms with Gasteiger partial charge in [0.15, 0.2) is 11.5 Å². The van der Waals surface area contributed by atoms with E-state index in [1.165, 1.54) is 12.1 Å². The van der Waals surface area contributed by atoms with Gasteiger partial charge in [-0.1, -0.05) is 40.2 Å². The second-order valence-electron chi connectivity index (χ2n) is 7.45. The summed E-state index contributed by atoms with van der Waals surface area (Å²) < 4.78 is 25.7. The number of hydrogen-bond donors (Lipinski definition) is 2. The lowest BCUT2D eigenvalue weighted by Gasteiger charge is -2.17. The van der Waals surface area contributed by atoms with Gasteiger partial charge in [0.25, 0.3) is 0 Å². The van der Waals surface area contributed by atoms with Gasteiger partial charge in [0.1, 0.15) is 18.2 Å². The Bertz CT molecular complexity index is 1140. The lowest BCUT2D eigenvalue weighted by Crippen LogP contribution is -2.17. The van der Waals surface area contributed by atoms with Crippen LogP contribution >= 0.6 is 15.9 Å². The van der Waals surface area contributed by atoms with Gasteiger partial charge in [0.2, 0.25) is 0 Å². The molecule has 0 aliphatic heterocycles. The monoisotopic (exact) mass is 497 g/mol. The maximum absolute atomic E-state index is 13.2. The van der Waals surface area contributed by atoms with Crippen molar-refractivity contribution < 1.29 is 13.9 Å². The third-order valence-electron chi connectivity index (χ3n) is 5.19. The van der Waals surface area contributed by atoms with E-state index in [1.807, 2.05) is 36.4 Å². The average molecular weight is 498 g/mol. The number of nitrogens with one attached hydrogen (secondary N) is 2. The highest BCUT2D eigenvalue weighted by Crippen LogP contribution is 2.36. The normalized spacial score (nSPS) is 11.1.